The number of aromatic amines is 2. The van der Waals surface area contributed by atoms with E-state index >= 15 is 0 Å². The number of hydrogen-bond donors (Lipinski definition) is 3. The molecule has 0 saturated heterocycles. The van der Waals surface area contributed by atoms with Gasteiger partial charge in [-0.2, -0.15) is 5.10 Å². The summed E-state index contributed by atoms with van der Waals surface area (Å²) in [6.07, 6.45) is 0.0292. The maximum atomic E-state index is 11.8. The Kier molecular flexibility index (Phi) is 5.19. The topological polar surface area (TPSA) is 109 Å². The minimum atomic E-state index is -0.333. The molecule has 1 aromatic carbocycles. The summed E-state index contributed by atoms with van der Waals surface area (Å²) in [6, 6.07) is 6.67. The van der Waals surface area contributed by atoms with Crippen molar-refractivity contribution in [1.82, 2.24) is 15.6 Å². The zero-order valence-corrected chi connectivity index (χ0v) is 13.1. The number of nitrogens with one attached hydrogen (secondary N) is 3. The lowest BCUT2D eigenvalue weighted by atomic mass is 10.1. The van der Waals surface area contributed by atoms with E-state index in [-0.39, 0.29) is 17.9 Å². The molecule has 1 aromatic heterocycles. The summed E-state index contributed by atoms with van der Waals surface area (Å²) in [7, 11) is 3.11. The molecule has 0 fully saturated rings. The van der Waals surface area contributed by atoms with Crippen LogP contribution < -0.4 is 20.5 Å². The first-order valence-electron chi connectivity index (χ1n) is 6.85. The van der Waals surface area contributed by atoms with Crippen LogP contribution in [0.15, 0.2) is 34.2 Å². The second kappa shape index (κ2) is 7.30. The Bertz CT molecular complexity index is 776. The molecule has 2 aromatic rings. The summed E-state index contributed by atoms with van der Waals surface area (Å²) < 4.78 is 10.4. The SMILES string of the molecule is COc1ccc(/C(C)=N/NC(=O)Cc2cc(=O)[nH][nH]2)cc1OC. The van der Waals surface area contributed by atoms with Gasteiger partial charge in [0.1, 0.15) is 0 Å². The van der Waals surface area contributed by atoms with E-state index in [1.54, 1.807) is 33.3 Å². The first-order valence-corrected chi connectivity index (χ1v) is 6.85. The number of amides is 1. The van der Waals surface area contributed by atoms with Gasteiger partial charge in [-0.3, -0.25) is 14.7 Å². The van der Waals surface area contributed by atoms with E-state index in [4.69, 9.17) is 9.47 Å². The minimum Gasteiger partial charge on any atom is -0.493 e. The standard InChI is InChI=1S/C15H18N4O4/c1-9(10-4-5-12(22-2)13(6-10)23-3)16-18-14(20)7-11-8-15(21)19-17-11/h4-6,8H,7H2,1-3H3,(H,18,20)(H2,17,19,21)/b16-9+. The summed E-state index contributed by atoms with van der Waals surface area (Å²) in [5.41, 5.74) is 4.06. The number of carbonyl (C=O) groups is 1. The van der Waals surface area contributed by atoms with Gasteiger partial charge in [-0.25, -0.2) is 5.43 Å². The third-order valence-corrected chi connectivity index (χ3v) is 3.15. The minimum absolute atomic E-state index is 0.0292. The highest BCUT2D eigenvalue weighted by Gasteiger charge is 2.08. The molecular weight excluding hydrogens is 300 g/mol. The molecule has 0 aliphatic rings. The van der Waals surface area contributed by atoms with Gasteiger partial charge in [-0.1, -0.05) is 0 Å². The van der Waals surface area contributed by atoms with Gasteiger partial charge in [0, 0.05) is 17.3 Å². The quantitative estimate of drug-likeness (QED) is 0.541. The first kappa shape index (κ1) is 16.3. The summed E-state index contributed by atoms with van der Waals surface area (Å²) in [5, 5.41) is 9.02. The van der Waals surface area contributed by atoms with Crippen LogP contribution in [0.25, 0.3) is 0 Å². The van der Waals surface area contributed by atoms with Crippen LogP contribution in [-0.4, -0.2) is 36.0 Å². The van der Waals surface area contributed by atoms with Crippen molar-refractivity contribution in [2.45, 2.75) is 13.3 Å². The monoisotopic (exact) mass is 318 g/mol. The smallest absolute Gasteiger partial charge is 0.264 e. The molecule has 0 saturated carbocycles. The molecule has 8 nitrogen and oxygen atoms in total. The van der Waals surface area contributed by atoms with Crippen molar-refractivity contribution >= 4 is 11.6 Å². The normalized spacial score (nSPS) is 11.2. The largest absolute Gasteiger partial charge is 0.493 e. The fourth-order valence-electron chi connectivity index (χ4n) is 1.95. The van der Waals surface area contributed by atoms with Crippen molar-refractivity contribution in [2.75, 3.05) is 14.2 Å². The zero-order chi connectivity index (χ0) is 16.8. The molecule has 2 rings (SSSR count). The number of methoxy groups -OCH3 is 2. The van der Waals surface area contributed by atoms with Crippen molar-refractivity contribution in [2.24, 2.45) is 5.10 Å². The molecule has 1 amide bonds. The van der Waals surface area contributed by atoms with Crippen molar-refractivity contribution in [3.8, 4) is 11.5 Å². The van der Waals surface area contributed by atoms with E-state index in [0.29, 0.717) is 22.9 Å². The van der Waals surface area contributed by atoms with Gasteiger partial charge in [0.25, 0.3) is 5.56 Å². The number of ether oxygens (including phenoxy) is 2. The maximum absolute atomic E-state index is 11.8. The Balaban J connectivity index is 2.04. The molecule has 0 bridgehead atoms. The highest BCUT2D eigenvalue weighted by atomic mass is 16.5. The van der Waals surface area contributed by atoms with Crippen molar-refractivity contribution in [3.05, 3.63) is 45.9 Å². The highest BCUT2D eigenvalue weighted by Crippen LogP contribution is 2.27. The van der Waals surface area contributed by atoms with E-state index in [0.717, 1.165) is 5.56 Å². The van der Waals surface area contributed by atoms with Gasteiger partial charge >= 0.3 is 0 Å². The van der Waals surface area contributed by atoms with Gasteiger partial charge in [0.15, 0.2) is 11.5 Å². The van der Waals surface area contributed by atoms with Crippen LogP contribution in [0.4, 0.5) is 0 Å². The molecule has 0 aliphatic carbocycles. The molecule has 122 valence electrons. The van der Waals surface area contributed by atoms with Gasteiger partial charge in [-0.05, 0) is 25.1 Å². The molecule has 0 radical (unpaired) electrons. The number of nitrogens with zero attached hydrogens (tertiary/aromatic N) is 1. The Labute approximate surface area is 132 Å². The Morgan fingerprint density at radius 3 is 2.52 bits per heavy atom. The predicted molar refractivity (Wildman–Crippen MR) is 85.0 cm³/mol. The molecular formula is C15H18N4O4. The van der Waals surface area contributed by atoms with Crippen LogP contribution in [0, 0.1) is 0 Å². The number of benzene rings is 1. The van der Waals surface area contributed by atoms with E-state index in [1.165, 1.54) is 6.07 Å². The lowest BCUT2D eigenvalue weighted by Crippen LogP contribution is -2.21. The van der Waals surface area contributed by atoms with Crippen LogP contribution in [0.2, 0.25) is 0 Å². The molecule has 0 unspecified atom stereocenters. The van der Waals surface area contributed by atoms with Gasteiger partial charge in [-0.15, -0.1) is 0 Å². The zero-order valence-electron chi connectivity index (χ0n) is 13.1. The fraction of sp³-hybridized carbons (Fsp3) is 0.267. The second-order valence-electron chi connectivity index (χ2n) is 4.76. The van der Waals surface area contributed by atoms with Crippen LogP contribution >= 0.6 is 0 Å². The van der Waals surface area contributed by atoms with Crippen LogP contribution in [0.3, 0.4) is 0 Å². The number of hydrazone groups is 1. The summed E-state index contributed by atoms with van der Waals surface area (Å²) in [6.45, 7) is 1.76. The van der Waals surface area contributed by atoms with Crippen LogP contribution in [-0.2, 0) is 11.2 Å². The Morgan fingerprint density at radius 1 is 1.17 bits per heavy atom. The van der Waals surface area contributed by atoms with Gasteiger partial charge < -0.3 is 14.6 Å². The Morgan fingerprint density at radius 2 is 1.91 bits per heavy atom. The average Bonchev–Trinajstić information content (AvgIpc) is 2.96. The molecule has 0 aliphatic heterocycles. The second-order valence-corrected chi connectivity index (χ2v) is 4.76. The molecule has 8 heteroatoms. The van der Waals surface area contributed by atoms with Crippen molar-refractivity contribution < 1.29 is 14.3 Å². The predicted octanol–water partition coefficient (Wildman–Crippen LogP) is 0.803. The third-order valence-electron chi connectivity index (χ3n) is 3.15. The highest BCUT2D eigenvalue weighted by molar-refractivity contribution is 5.99. The van der Waals surface area contributed by atoms with Gasteiger partial charge in [0.05, 0.1) is 26.4 Å². The average molecular weight is 318 g/mol. The van der Waals surface area contributed by atoms with Crippen LogP contribution in [0.1, 0.15) is 18.2 Å². The van der Waals surface area contributed by atoms with E-state index in [1.807, 2.05) is 6.07 Å². The molecule has 23 heavy (non-hydrogen) atoms. The summed E-state index contributed by atoms with van der Waals surface area (Å²) in [5.74, 6) is 0.861. The maximum Gasteiger partial charge on any atom is 0.264 e. The number of aromatic nitrogens is 2. The molecule has 1 heterocycles. The summed E-state index contributed by atoms with van der Waals surface area (Å²) >= 11 is 0. The van der Waals surface area contributed by atoms with Crippen molar-refractivity contribution in [1.29, 1.82) is 0 Å². The van der Waals surface area contributed by atoms with Crippen LogP contribution in [0.5, 0.6) is 11.5 Å². The van der Waals surface area contributed by atoms with E-state index in [9.17, 15) is 9.59 Å². The van der Waals surface area contributed by atoms with Crippen molar-refractivity contribution in [3.63, 3.8) is 0 Å². The Hall–Kier alpha value is -3.03. The molecule has 3 N–H and O–H groups in total. The number of rotatable bonds is 6. The number of carbonyl (C=O) groups excluding carboxylic acids is 1. The molecule has 0 spiro atoms. The van der Waals surface area contributed by atoms with E-state index in [2.05, 4.69) is 20.7 Å². The van der Waals surface area contributed by atoms with Gasteiger partial charge in [0.2, 0.25) is 5.91 Å². The third kappa shape index (κ3) is 4.22. The lowest BCUT2D eigenvalue weighted by Gasteiger charge is -2.09. The lowest BCUT2D eigenvalue weighted by molar-refractivity contribution is -0.120. The number of H-pyrrole nitrogens is 2. The number of hydrogen-bond acceptors (Lipinski definition) is 5. The van der Waals surface area contributed by atoms with E-state index < -0.39 is 0 Å². The fourth-order valence-corrected chi connectivity index (χ4v) is 1.95. The molecule has 0 atom stereocenters. The first-order chi connectivity index (χ1) is 11.0. The summed E-state index contributed by atoms with van der Waals surface area (Å²) in [4.78, 5) is 22.7.